The molecule has 2 aromatic heterocycles. The second kappa shape index (κ2) is 10.9. The number of halogens is 1. The SMILES string of the molecule is Cc1c(CC(=O)NCc2ccc(-c3c[nH]nc3-c3cc(Cl)c(O)cc3O)cc2)c(=O)oc2cc(N)c(S(=O)(=O)O)cc12. The van der Waals surface area contributed by atoms with E-state index in [0.717, 1.165) is 29.3 Å². The van der Waals surface area contributed by atoms with E-state index in [9.17, 15) is 32.8 Å². The molecule has 3 aromatic carbocycles. The summed E-state index contributed by atoms with van der Waals surface area (Å²) in [5.74, 6) is -0.922. The molecule has 0 aliphatic carbocycles. The average molecular weight is 611 g/mol. The predicted octanol–water partition coefficient (Wildman–Crippen LogP) is 3.91. The van der Waals surface area contributed by atoms with Gasteiger partial charge < -0.3 is 25.7 Å². The molecule has 0 radical (unpaired) electrons. The maximum Gasteiger partial charge on any atom is 0.340 e. The van der Waals surface area contributed by atoms with E-state index in [1.54, 1.807) is 37.4 Å². The fourth-order valence-corrected chi connectivity index (χ4v) is 5.33. The van der Waals surface area contributed by atoms with Crippen molar-refractivity contribution < 1.29 is 32.4 Å². The number of nitrogens with zero attached hydrogens (tertiary/aromatic N) is 1. The van der Waals surface area contributed by atoms with Gasteiger partial charge in [-0.1, -0.05) is 35.9 Å². The molecule has 5 rings (SSSR count). The maximum atomic E-state index is 12.7. The van der Waals surface area contributed by atoms with E-state index < -0.39 is 26.5 Å². The Morgan fingerprint density at radius 2 is 1.81 bits per heavy atom. The van der Waals surface area contributed by atoms with Gasteiger partial charge in [0.25, 0.3) is 10.1 Å². The van der Waals surface area contributed by atoms with Crippen LogP contribution in [0.15, 0.2) is 68.8 Å². The van der Waals surface area contributed by atoms with Crippen molar-refractivity contribution >= 4 is 44.3 Å². The Hall–Kier alpha value is -4.85. The van der Waals surface area contributed by atoms with Crippen LogP contribution in [0.5, 0.6) is 11.5 Å². The summed E-state index contributed by atoms with van der Waals surface area (Å²) < 4.78 is 38.0. The first-order valence-electron chi connectivity index (χ1n) is 12.3. The molecule has 0 fully saturated rings. The number of aromatic amines is 1. The Morgan fingerprint density at radius 1 is 1.10 bits per heavy atom. The fourth-order valence-electron chi connectivity index (χ4n) is 4.54. The van der Waals surface area contributed by atoms with Crippen molar-refractivity contribution in [1.82, 2.24) is 15.5 Å². The molecule has 12 nitrogen and oxygen atoms in total. The molecule has 0 aliphatic heterocycles. The molecule has 0 aliphatic rings. The lowest BCUT2D eigenvalue weighted by atomic mass is 10.00. The number of nitrogens with two attached hydrogens (primary N) is 1. The summed E-state index contributed by atoms with van der Waals surface area (Å²) in [4.78, 5) is 24.8. The minimum Gasteiger partial charge on any atom is -0.507 e. The third kappa shape index (κ3) is 5.52. The van der Waals surface area contributed by atoms with E-state index in [-0.39, 0.29) is 51.7 Å². The number of nitrogens with one attached hydrogen (secondary N) is 2. The van der Waals surface area contributed by atoms with Crippen LogP contribution in [0, 0.1) is 6.92 Å². The lowest BCUT2D eigenvalue weighted by molar-refractivity contribution is -0.120. The third-order valence-corrected chi connectivity index (χ3v) is 7.96. The number of H-pyrrole nitrogens is 1. The Bertz CT molecular complexity index is 2040. The summed E-state index contributed by atoms with van der Waals surface area (Å²) >= 11 is 6.01. The normalized spacial score (nSPS) is 11.6. The Morgan fingerprint density at radius 3 is 2.50 bits per heavy atom. The van der Waals surface area contributed by atoms with Crippen molar-refractivity contribution in [3.05, 3.63) is 86.9 Å². The van der Waals surface area contributed by atoms with Crippen molar-refractivity contribution in [1.29, 1.82) is 0 Å². The number of amides is 1. The smallest absolute Gasteiger partial charge is 0.340 e. The van der Waals surface area contributed by atoms with Gasteiger partial charge in [0.15, 0.2) is 0 Å². The zero-order valence-corrected chi connectivity index (χ0v) is 23.4. The number of hydrogen-bond donors (Lipinski definition) is 6. The van der Waals surface area contributed by atoms with Crippen LogP contribution in [0.4, 0.5) is 5.69 Å². The number of aromatic nitrogens is 2. The molecule has 0 unspecified atom stereocenters. The number of phenols is 2. The third-order valence-electron chi connectivity index (χ3n) is 6.75. The van der Waals surface area contributed by atoms with Crippen LogP contribution in [0.3, 0.4) is 0 Å². The molecule has 2 heterocycles. The van der Waals surface area contributed by atoms with E-state index in [0.29, 0.717) is 22.4 Å². The molecule has 7 N–H and O–H groups in total. The van der Waals surface area contributed by atoms with Crippen LogP contribution in [0.1, 0.15) is 16.7 Å². The highest BCUT2D eigenvalue weighted by molar-refractivity contribution is 7.86. The molecule has 0 spiro atoms. The van der Waals surface area contributed by atoms with Gasteiger partial charge in [0.05, 0.1) is 22.7 Å². The highest BCUT2D eigenvalue weighted by Gasteiger charge is 2.21. The van der Waals surface area contributed by atoms with Gasteiger partial charge in [-0.15, -0.1) is 0 Å². The average Bonchev–Trinajstić information content (AvgIpc) is 3.41. The zero-order chi connectivity index (χ0) is 30.3. The molecule has 216 valence electrons. The lowest BCUT2D eigenvalue weighted by Crippen LogP contribution is -2.27. The molecule has 0 bridgehead atoms. The van der Waals surface area contributed by atoms with E-state index in [4.69, 9.17) is 21.8 Å². The van der Waals surface area contributed by atoms with Crippen molar-refractivity contribution in [2.24, 2.45) is 0 Å². The van der Waals surface area contributed by atoms with Gasteiger partial charge in [-0.05, 0) is 35.7 Å². The first-order valence-corrected chi connectivity index (χ1v) is 14.1. The summed E-state index contributed by atoms with van der Waals surface area (Å²) in [6.07, 6.45) is 1.32. The van der Waals surface area contributed by atoms with Gasteiger partial charge in [-0.2, -0.15) is 13.5 Å². The maximum absolute atomic E-state index is 12.7. The second-order valence-electron chi connectivity index (χ2n) is 9.47. The van der Waals surface area contributed by atoms with Crippen molar-refractivity contribution in [3.63, 3.8) is 0 Å². The molecule has 1 amide bonds. The quantitative estimate of drug-likeness (QED) is 0.0888. The molecule has 0 atom stereocenters. The van der Waals surface area contributed by atoms with Crippen LogP contribution >= 0.6 is 11.6 Å². The summed E-state index contributed by atoms with van der Waals surface area (Å²) in [5.41, 5.74) is 7.94. The fraction of sp³-hybridized carbons (Fsp3) is 0.107. The minimum absolute atomic E-state index is 0.0242. The number of aromatic hydroxyl groups is 2. The number of rotatable bonds is 7. The van der Waals surface area contributed by atoms with Crippen LogP contribution in [0.2, 0.25) is 5.02 Å². The molecule has 42 heavy (non-hydrogen) atoms. The molecule has 5 aromatic rings. The molecule has 0 saturated heterocycles. The molecular formula is C28H23ClN4O8S. The lowest BCUT2D eigenvalue weighted by Gasteiger charge is -2.11. The number of aryl methyl sites for hydroxylation is 1. The number of anilines is 1. The van der Waals surface area contributed by atoms with E-state index >= 15 is 0 Å². The van der Waals surface area contributed by atoms with E-state index in [2.05, 4.69) is 15.5 Å². The van der Waals surface area contributed by atoms with E-state index in [1.807, 2.05) is 0 Å². The number of nitrogen functional groups attached to an aromatic ring is 1. The van der Waals surface area contributed by atoms with Crippen molar-refractivity contribution in [2.75, 3.05) is 5.73 Å². The predicted molar refractivity (Wildman–Crippen MR) is 155 cm³/mol. The first kappa shape index (κ1) is 28.7. The number of carbonyl (C=O) groups is 1. The minimum atomic E-state index is -4.62. The second-order valence-corrected chi connectivity index (χ2v) is 11.3. The largest absolute Gasteiger partial charge is 0.507 e. The van der Waals surface area contributed by atoms with Crippen molar-refractivity contribution in [3.8, 4) is 33.9 Å². The van der Waals surface area contributed by atoms with Crippen LogP contribution in [0.25, 0.3) is 33.4 Å². The van der Waals surface area contributed by atoms with Gasteiger partial charge >= 0.3 is 5.63 Å². The summed E-state index contributed by atoms with van der Waals surface area (Å²) in [5, 5.41) is 30.0. The van der Waals surface area contributed by atoms with Gasteiger partial charge in [-0.25, -0.2) is 4.79 Å². The highest BCUT2D eigenvalue weighted by Crippen LogP contribution is 2.40. The van der Waals surface area contributed by atoms with E-state index in [1.165, 1.54) is 6.07 Å². The van der Waals surface area contributed by atoms with Gasteiger partial charge in [0, 0.05) is 41.4 Å². The van der Waals surface area contributed by atoms with Crippen LogP contribution < -0.4 is 16.7 Å². The number of benzene rings is 3. The summed E-state index contributed by atoms with van der Waals surface area (Å²) in [7, 11) is -4.62. The zero-order valence-electron chi connectivity index (χ0n) is 21.8. The number of fused-ring (bicyclic) bond motifs is 1. The Kier molecular flexibility index (Phi) is 7.41. The molecule has 0 saturated carbocycles. The van der Waals surface area contributed by atoms with Crippen LogP contribution in [-0.2, 0) is 27.9 Å². The highest BCUT2D eigenvalue weighted by atomic mass is 35.5. The summed E-state index contributed by atoms with van der Waals surface area (Å²) in [6.45, 7) is 1.69. The van der Waals surface area contributed by atoms with Crippen LogP contribution in [-0.4, -0.2) is 39.3 Å². The monoisotopic (exact) mass is 610 g/mol. The first-order chi connectivity index (χ1) is 19.8. The Labute approximate surface area is 243 Å². The number of hydrogen-bond acceptors (Lipinski definition) is 9. The standard InChI is InChI=1S/C28H23ClN4O8S/c1-13-16-7-25(42(38,39)40)21(30)9-24(16)41-28(37)17(13)8-26(36)31-11-14-2-4-15(5-3-14)19-12-32-33-27(19)18-6-20(29)23(35)10-22(18)34/h2-7,9-10,12,34-35H,8,11,30H2,1H3,(H,31,36)(H,32,33)(H,38,39,40). The Balaban J connectivity index is 1.31. The topological polar surface area (TPSA) is 209 Å². The van der Waals surface area contributed by atoms with Gasteiger partial charge in [0.1, 0.15) is 27.7 Å². The number of carbonyl (C=O) groups excluding carboxylic acids is 1. The van der Waals surface area contributed by atoms with Gasteiger partial charge in [-0.3, -0.25) is 14.4 Å². The van der Waals surface area contributed by atoms with Crippen molar-refractivity contribution in [2.45, 2.75) is 24.8 Å². The van der Waals surface area contributed by atoms with Gasteiger partial charge in [0.2, 0.25) is 5.91 Å². The number of phenolic OH excluding ortho intramolecular Hbond substituents is 2. The molecule has 14 heteroatoms. The molecular weight excluding hydrogens is 588 g/mol. The summed E-state index contributed by atoms with van der Waals surface area (Å²) in [6, 6.07) is 12.0.